The Morgan fingerprint density at radius 2 is 1.92 bits per heavy atom. The molecule has 128 valence electrons. The van der Waals surface area contributed by atoms with Crippen molar-refractivity contribution in [3.63, 3.8) is 0 Å². The van der Waals surface area contributed by atoms with E-state index in [-0.39, 0.29) is 5.75 Å². The van der Waals surface area contributed by atoms with Crippen LogP contribution in [-0.4, -0.2) is 50.2 Å². The maximum absolute atomic E-state index is 12.3. The van der Waals surface area contributed by atoms with Crippen molar-refractivity contribution in [2.45, 2.75) is 11.3 Å². The summed E-state index contributed by atoms with van der Waals surface area (Å²) >= 11 is 0. The Morgan fingerprint density at radius 1 is 1.12 bits per heavy atom. The van der Waals surface area contributed by atoms with Crippen LogP contribution in [0.15, 0.2) is 59.6 Å². The van der Waals surface area contributed by atoms with Gasteiger partial charge in [-0.2, -0.15) is 0 Å². The second kappa shape index (κ2) is 7.77. The molecule has 1 aromatic carbocycles. The van der Waals surface area contributed by atoms with Gasteiger partial charge in [0.1, 0.15) is 5.82 Å². The molecule has 1 atom stereocenters. The molecule has 6 heteroatoms. The first-order chi connectivity index (χ1) is 11.6. The van der Waals surface area contributed by atoms with Gasteiger partial charge in [0, 0.05) is 25.8 Å². The molecule has 0 spiro atoms. The number of rotatable bonds is 7. The van der Waals surface area contributed by atoms with Gasteiger partial charge in [-0.1, -0.05) is 24.3 Å². The molecule has 1 aliphatic rings. The van der Waals surface area contributed by atoms with Crippen molar-refractivity contribution < 1.29 is 8.42 Å². The van der Waals surface area contributed by atoms with E-state index < -0.39 is 9.84 Å². The average Bonchev–Trinajstić information content (AvgIpc) is 3.08. The molecule has 1 aromatic heterocycles. The summed E-state index contributed by atoms with van der Waals surface area (Å²) < 4.78 is 24.7. The molecule has 0 radical (unpaired) electrons. The zero-order chi connectivity index (χ0) is 16.8. The molecular formula is C18H23N3O2S. The molecule has 5 nitrogen and oxygen atoms in total. The normalized spacial score (nSPS) is 18.6. The fourth-order valence-corrected chi connectivity index (χ4v) is 4.30. The number of hydrogen-bond acceptors (Lipinski definition) is 5. The molecule has 0 bridgehead atoms. The third-order valence-corrected chi connectivity index (χ3v) is 6.10. The minimum absolute atomic E-state index is 0.178. The Kier molecular flexibility index (Phi) is 5.48. The maximum Gasteiger partial charge on any atom is 0.179 e. The topological polar surface area (TPSA) is 62.3 Å². The predicted octanol–water partition coefficient (Wildman–Crippen LogP) is 2.29. The molecule has 2 heterocycles. The smallest absolute Gasteiger partial charge is 0.179 e. The standard InChI is InChI=1S/C18H23N3O2S/c22-24(23,17-6-2-1-3-7-17)13-12-21-11-9-16(15-21)14-20-18-8-4-5-10-19-18/h1-8,10,16H,9,11-15H2,(H,19,20)/t16-/m1/s1. The number of nitrogens with one attached hydrogen (secondary N) is 1. The molecular weight excluding hydrogens is 322 g/mol. The van der Waals surface area contributed by atoms with Gasteiger partial charge in [0.15, 0.2) is 9.84 Å². The van der Waals surface area contributed by atoms with Gasteiger partial charge < -0.3 is 10.2 Å². The van der Waals surface area contributed by atoms with Crippen molar-refractivity contribution in [3.8, 4) is 0 Å². The fourth-order valence-electron chi connectivity index (χ4n) is 2.99. The highest BCUT2D eigenvalue weighted by atomic mass is 32.2. The van der Waals surface area contributed by atoms with Crippen LogP contribution in [0.25, 0.3) is 0 Å². The molecule has 1 fully saturated rings. The third-order valence-electron chi connectivity index (χ3n) is 4.39. The lowest BCUT2D eigenvalue weighted by Gasteiger charge is -2.16. The predicted molar refractivity (Wildman–Crippen MR) is 95.8 cm³/mol. The number of anilines is 1. The third kappa shape index (κ3) is 4.55. The van der Waals surface area contributed by atoms with E-state index in [1.54, 1.807) is 30.5 Å². The van der Waals surface area contributed by atoms with Crippen LogP contribution in [0.2, 0.25) is 0 Å². The minimum Gasteiger partial charge on any atom is -0.370 e. The summed E-state index contributed by atoms with van der Waals surface area (Å²) in [6.07, 6.45) is 2.86. The number of pyridine rings is 1. The molecule has 0 amide bonds. The monoisotopic (exact) mass is 345 g/mol. The number of benzene rings is 1. The summed E-state index contributed by atoms with van der Waals surface area (Å²) in [5, 5.41) is 3.35. The van der Waals surface area contributed by atoms with Gasteiger partial charge in [0.05, 0.1) is 10.6 Å². The Balaban J connectivity index is 1.45. The van der Waals surface area contributed by atoms with Crippen molar-refractivity contribution in [1.82, 2.24) is 9.88 Å². The van der Waals surface area contributed by atoms with E-state index >= 15 is 0 Å². The van der Waals surface area contributed by atoms with Gasteiger partial charge in [-0.05, 0) is 43.1 Å². The summed E-state index contributed by atoms with van der Waals surface area (Å²) in [7, 11) is -3.19. The summed E-state index contributed by atoms with van der Waals surface area (Å²) in [5.41, 5.74) is 0. The van der Waals surface area contributed by atoms with Gasteiger partial charge in [-0.25, -0.2) is 13.4 Å². The molecule has 3 rings (SSSR count). The summed E-state index contributed by atoms with van der Waals surface area (Å²) in [6, 6.07) is 14.5. The van der Waals surface area contributed by atoms with Gasteiger partial charge in [-0.15, -0.1) is 0 Å². The Bertz CT molecular complexity index is 735. The zero-order valence-electron chi connectivity index (χ0n) is 13.6. The van der Waals surface area contributed by atoms with Crippen LogP contribution < -0.4 is 5.32 Å². The summed E-state index contributed by atoms with van der Waals surface area (Å²) in [4.78, 5) is 6.91. The van der Waals surface area contributed by atoms with E-state index in [1.807, 2.05) is 24.3 Å². The lowest BCUT2D eigenvalue weighted by molar-refractivity contribution is 0.345. The van der Waals surface area contributed by atoms with Gasteiger partial charge in [0.25, 0.3) is 0 Å². The van der Waals surface area contributed by atoms with Crippen LogP contribution in [0.3, 0.4) is 0 Å². The molecule has 0 saturated carbocycles. The fraction of sp³-hybridized carbons (Fsp3) is 0.389. The van der Waals surface area contributed by atoms with Crippen LogP contribution in [0.1, 0.15) is 6.42 Å². The molecule has 2 aromatic rings. The molecule has 1 aliphatic heterocycles. The quantitative estimate of drug-likeness (QED) is 0.834. The molecule has 0 unspecified atom stereocenters. The number of likely N-dealkylation sites (tertiary alicyclic amines) is 1. The maximum atomic E-state index is 12.3. The van der Waals surface area contributed by atoms with Gasteiger partial charge >= 0.3 is 0 Å². The first-order valence-corrected chi connectivity index (χ1v) is 9.94. The van der Waals surface area contributed by atoms with Crippen molar-refractivity contribution >= 4 is 15.7 Å². The highest BCUT2D eigenvalue weighted by Gasteiger charge is 2.24. The molecule has 1 saturated heterocycles. The van der Waals surface area contributed by atoms with Crippen LogP contribution >= 0.6 is 0 Å². The average molecular weight is 345 g/mol. The van der Waals surface area contributed by atoms with E-state index in [0.29, 0.717) is 17.4 Å². The highest BCUT2D eigenvalue weighted by Crippen LogP contribution is 2.18. The highest BCUT2D eigenvalue weighted by molar-refractivity contribution is 7.91. The van der Waals surface area contributed by atoms with Crippen molar-refractivity contribution in [3.05, 3.63) is 54.7 Å². The number of aromatic nitrogens is 1. The molecule has 24 heavy (non-hydrogen) atoms. The lowest BCUT2D eigenvalue weighted by atomic mass is 10.1. The van der Waals surface area contributed by atoms with Crippen molar-refractivity contribution in [2.75, 3.05) is 37.2 Å². The summed E-state index contributed by atoms with van der Waals surface area (Å²) in [6.45, 7) is 3.36. The number of hydrogen-bond donors (Lipinski definition) is 1. The van der Waals surface area contributed by atoms with Crippen LogP contribution in [0.4, 0.5) is 5.82 Å². The Hall–Kier alpha value is -1.92. The largest absolute Gasteiger partial charge is 0.370 e. The first-order valence-electron chi connectivity index (χ1n) is 8.28. The van der Waals surface area contributed by atoms with E-state index in [4.69, 9.17) is 0 Å². The Labute approximate surface area is 143 Å². The van der Waals surface area contributed by atoms with Crippen LogP contribution in [0.5, 0.6) is 0 Å². The van der Waals surface area contributed by atoms with Crippen LogP contribution in [-0.2, 0) is 9.84 Å². The van der Waals surface area contributed by atoms with E-state index in [1.165, 1.54) is 0 Å². The second-order valence-corrected chi connectivity index (χ2v) is 8.29. The Morgan fingerprint density at radius 3 is 2.67 bits per heavy atom. The minimum atomic E-state index is -3.19. The summed E-state index contributed by atoms with van der Waals surface area (Å²) in [5.74, 6) is 1.60. The number of sulfone groups is 1. The van der Waals surface area contributed by atoms with Crippen molar-refractivity contribution in [1.29, 1.82) is 0 Å². The van der Waals surface area contributed by atoms with E-state index in [0.717, 1.165) is 31.9 Å². The van der Waals surface area contributed by atoms with Gasteiger partial charge in [0.2, 0.25) is 0 Å². The number of nitrogens with zero attached hydrogens (tertiary/aromatic N) is 2. The molecule has 0 aliphatic carbocycles. The van der Waals surface area contributed by atoms with Gasteiger partial charge in [-0.3, -0.25) is 0 Å². The first kappa shape index (κ1) is 16.9. The van der Waals surface area contributed by atoms with E-state index in [2.05, 4.69) is 15.2 Å². The lowest BCUT2D eigenvalue weighted by Crippen LogP contribution is -2.28. The molecule has 1 N–H and O–H groups in total. The second-order valence-electron chi connectivity index (χ2n) is 6.18. The van der Waals surface area contributed by atoms with Crippen molar-refractivity contribution in [2.24, 2.45) is 5.92 Å². The SMILES string of the molecule is O=S(=O)(CCN1CC[C@H](CNc2ccccn2)C1)c1ccccc1. The van der Waals surface area contributed by atoms with E-state index in [9.17, 15) is 8.42 Å². The zero-order valence-corrected chi connectivity index (χ0v) is 14.5. The van der Waals surface area contributed by atoms with Crippen LogP contribution in [0, 0.1) is 5.92 Å².